The van der Waals surface area contributed by atoms with Gasteiger partial charge in [0.2, 0.25) is 0 Å². The quantitative estimate of drug-likeness (QED) is 0.825. The Labute approximate surface area is 92.4 Å². The van der Waals surface area contributed by atoms with Crippen LogP contribution in [0.3, 0.4) is 0 Å². The third-order valence-corrected chi connectivity index (χ3v) is 2.79. The van der Waals surface area contributed by atoms with Crippen LogP contribution in [0.2, 0.25) is 5.02 Å². The van der Waals surface area contributed by atoms with Gasteiger partial charge in [-0.25, -0.2) is 0 Å². The molecule has 80 valence electrons. The van der Waals surface area contributed by atoms with E-state index in [4.69, 9.17) is 21.8 Å². The normalized spacial score (nSPS) is 13.3. The molecule has 1 atom stereocenters. The van der Waals surface area contributed by atoms with E-state index in [0.717, 1.165) is 16.7 Å². The molecule has 0 bridgehead atoms. The van der Waals surface area contributed by atoms with Gasteiger partial charge in [0.05, 0.1) is 11.1 Å². The fourth-order valence-corrected chi connectivity index (χ4v) is 1.94. The van der Waals surface area contributed by atoms with Crippen LogP contribution in [0.1, 0.15) is 17.4 Å². The molecule has 0 aliphatic heterocycles. The van der Waals surface area contributed by atoms with Gasteiger partial charge in [-0.15, -0.1) is 0 Å². The lowest BCUT2D eigenvalue weighted by Crippen LogP contribution is -2.11. The lowest BCUT2D eigenvalue weighted by molar-refractivity contribution is 0.187. The molecule has 1 unspecified atom stereocenters. The van der Waals surface area contributed by atoms with Crippen molar-refractivity contribution < 1.29 is 9.52 Å². The first-order chi connectivity index (χ1) is 7.13. The number of rotatable bonds is 2. The van der Waals surface area contributed by atoms with Crippen LogP contribution in [0.5, 0.6) is 0 Å². The van der Waals surface area contributed by atoms with Crippen LogP contribution >= 0.6 is 11.6 Å². The first-order valence-corrected chi connectivity index (χ1v) is 5.08. The van der Waals surface area contributed by atoms with Gasteiger partial charge in [0.1, 0.15) is 11.3 Å². The van der Waals surface area contributed by atoms with Crippen LogP contribution in [0.25, 0.3) is 11.0 Å². The minimum Gasteiger partial charge on any atom is -0.461 e. The summed E-state index contributed by atoms with van der Waals surface area (Å²) < 4.78 is 5.42. The van der Waals surface area contributed by atoms with Crippen LogP contribution in [0, 0.1) is 6.92 Å². The molecule has 4 heteroatoms. The van der Waals surface area contributed by atoms with Gasteiger partial charge in [-0.3, -0.25) is 0 Å². The molecule has 1 heterocycles. The zero-order chi connectivity index (χ0) is 11.0. The fourth-order valence-electron chi connectivity index (χ4n) is 1.61. The Kier molecular flexibility index (Phi) is 2.69. The third kappa shape index (κ3) is 1.74. The Morgan fingerprint density at radius 3 is 2.93 bits per heavy atom. The molecular weight excluding hydrogens is 214 g/mol. The molecule has 0 saturated carbocycles. The van der Waals surface area contributed by atoms with E-state index in [1.54, 1.807) is 12.1 Å². The Bertz CT molecular complexity index is 493. The van der Waals surface area contributed by atoms with E-state index >= 15 is 0 Å². The number of halogens is 1. The SMILES string of the molecule is Cc1cc2c(Cl)c(C(O)CN)ccc2o1. The highest BCUT2D eigenvalue weighted by atomic mass is 35.5. The molecule has 0 aliphatic rings. The molecular formula is C11H12ClNO2. The van der Waals surface area contributed by atoms with Gasteiger partial charge in [-0.2, -0.15) is 0 Å². The van der Waals surface area contributed by atoms with Gasteiger partial charge in [-0.05, 0) is 19.1 Å². The number of hydrogen-bond donors (Lipinski definition) is 2. The van der Waals surface area contributed by atoms with Crippen molar-refractivity contribution in [3.63, 3.8) is 0 Å². The number of nitrogens with two attached hydrogens (primary N) is 1. The summed E-state index contributed by atoms with van der Waals surface area (Å²) in [5.74, 6) is 0.797. The largest absolute Gasteiger partial charge is 0.461 e. The van der Waals surface area contributed by atoms with Crippen molar-refractivity contribution in [2.45, 2.75) is 13.0 Å². The molecule has 15 heavy (non-hydrogen) atoms. The molecule has 0 aliphatic carbocycles. The molecule has 3 N–H and O–H groups in total. The van der Waals surface area contributed by atoms with Gasteiger partial charge in [0.25, 0.3) is 0 Å². The highest BCUT2D eigenvalue weighted by Crippen LogP contribution is 2.32. The average molecular weight is 226 g/mol. The second kappa shape index (κ2) is 3.85. The lowest BCUT2D eigenvalue weighted by Gasteiger charge is -2.09. The van der Waals surface area contributed by atoms with E-state index in [9.17, 15) is 5.11 Å². The van der Waals surface area contributed by atoms with Crippen LogP contribution < -0.4 is 5.73 Å². The molecule has 1 aromatic carbocycles. The summed E-state index contributed by atoms with van der Waals surface area (Å²) in [4.78, 5) is 0. The molecule has 1 aromatic heterocycles. The van der Waals surface area contributed by atoms with E-state index in [1.165, 1.54) is 0 Å². The Balaban J connectivity index is 2.64. The maximum Gasteiger partial charge on any atom is 0.135 e. The van der Waals surface area contributed by atoms with Gasteiger partial charge in [-0.1, -0.05) is 17.7 Å². The van der Waals surface area contributed by atoms with Crippen molar-refractivity contribution in [2.24, 2.45) is 5.73 Å². The summed E-state index contributed by atoms with van der Waals surface area (Å²) in [6.07, 6.45) is -0.725. The first-order valence-electron chi connectivity index (χ1n) is 4.70. The molecule has 3 nitrogen and oxygen atoms in total. The number of fused-ring (bicyclic) bond motifs is 1. The molecule has 0 spiro atoms. The summed E-state index contributed by atoms with van der Waals surface area (Å²) in [5.41, 5.74) is 6.76. The van der Waals surface area contributed by atoms with Gasteiger partial charge in [0.15, 0.2) is 0 Å². The lowest BCUT2D eigenvalue weighted by atomic mass is 10.1. The van der Waals surface area contributed by atoms with Gasteiger partial charge in [0, 0.05) is 17.5 Å². The standard InChI is InChI=1S/C11H12ClNO2/c1-6-4-8-10(15-6)3-2-7(11(8)12)9(14)5-13/h2-4,9,14H,5,13H2,1H3. The van der Waals surface area contributed by atoms with Crippen LogP contribution in [0.15, 0.2) is 22.6 Å². The van der Waals surface area contributed by atoms with E-state index in [-0.39, 0.29) is 6.54 Å². The third-order valence-electron chi connectivity index (χ3n) is 2.37. The molecule has 2 rings (SSSR count). The number of aliphatic hydroxyl groups is 1. The molecule has 0 fully saturated rings. The van der Waals surface area contributed by atoms with E-state index in [0.29, 0.717) is 10.6 Å². The Morgan fingerprint density at radius 1 is 1.53 bits per heavy atom. The number of hydrogen-bond acceptors (Lipinski definition) is 3. The summed E-state index contributed by atoms with van der Waals surface area (Å²) in [7, 11) is 0. The molecule has 2 aromatic rings. The Morgan fingerprint density at radius 2 is 2.27 bits per heavy atom. The number of benzene rings is 1. The van der Waals surface area contributed by atoms with Crippen molar-refractivity contribution in [1.29, 1.82) is 0 Å². The van der Waals surface area contributed by atoms with E-state index < -0.39 is 6.10 Å². The van der Waals surface area contributed by atoms with Crippen molar-refractivity contribution in [3.05, 3.63) is 34.5 Å². The van der Waals surface area contributed by atoms with Gasteiger partial charge < -0.3 is 15.3 Å². The van der Waals surface area contributed by atoms with Crippen LogP contribution in [-0.2, 0) is 0 Å². The summed E-state index contributed by atoms with van der Waals surface area (Å²) in [5, 5.41) is 11.0. The highest BCUT2D eigenvalue weighted by molar-refractivity contribution is 6.36. The minimum absolute atomic E-state index is 0.155. The van der Waals surface area contributed by atoms with Crippen molar-refractivity contribution in [1.82, 2.24) is 0 Å². The van der Waals surface area contributed by atoms with E-state index in [1.807, 2.05) is 13.0 Å². The minimum atomic E-state index is -0.725. The summed E-state index contributed by atoms with van der Waals surface area (Å²) >= 11 is 6.15. The van der Waals surface area contributed by atoms with Crippen LogP contribution in [0.4, 0.5) is 0 Å². The fraction of sp³-hybridized carbons (Fsp3) is 0.273. The maximum atomic E-state index is 9.64. The van der Waals surface area contributed by atoms with Gasteiger partial charge >= 0.3 is 0 Å². The first kappa shape index (κ1) is 10.5. The van der Waals surface area contributed by atoms with E-state index in [2.05, 4.69) is 0 Å². The second-order valence-corrected chi connectivity index (χ2v) is 3.87. The topological polar surface area (TPSA) is 59.4 Å². The maximum absolute atomic E-state index is 9.64. The second-order valence-electron chi connectivity index (χ2n) is 3.49. The number of furan rings is 1. The average Bonchev–Trinajstić information content (AvgIpc) is 2.59. The van der Waals surface area contributed by atoms with Crippen molar-refractivity contribution in [2.75, 3.05) is 6.54 Å². The predicted octanol–water partition coefficient (Wildman–Crippen LogP) is 2.39. The number of aliphatic hydroxyl groups excluding tert-OH is 1. The molecule has 0 saturated heterocycles. The molecule has 0 amide bonds. The van der Waals surface area contributed by atoms with Crippen LogP contribution in [-0.4, -0.2) is 11.7 Å². The monoisotopic (exact) mass is 225 g/mol. The smallest absolute Gasteiger partial charge is 0.135 e. The molecule has 0 radical (unpaired) electrons. The summed E-state index contributed by atoms with van der Waals surface area (Å²) in [6, 6.07) is 5.39. The summed E-state index contributed by atoms with van der Waals surface area (Å²) in [6.45, 7) is 2.01. The zero-order valence-corrected chi connectivity index (χ0v) is 9.08. The van der Waals surface area contributed by atoms with Crippen molar-refractivity contribution >= 4 is 22.6 Å². The predicted molar refractivity (Wildman–Crippen MR) is 60.0 cm³/mol. The highest BCUT2D eigenvalue weighted by Gasteiger charge is 2.14. The Hall–Kier alpha value is -1.03. The number of aryl methyl sites for hydroxylation is 1. The van der Waals surface area contributed by atoms with Crippen molar-refractivity contribution in [3.8, 4) is 0 Å². The zero-order valence-electron chi connectivity index (χ0n) is 8.33.